The van der Waals surface area contributed by atoms with Crippen molar-refractivity contribution in [2.24, 2.45) is 35.0 Å². The van der Waals surface area contributed by atoms with Gasteiger partial charge in [-0.25, -0.2) is 0 Å². The van der Waals surface area contributed by atoms with Gasteiger partial charge >= 0.3 is 0 Å². The number of ether oxygens (including phenoxy) is 1. The predicted octanol–water partition coefficient (Wildman–Crippen LogP) is 4.22. The average Bonchev–Trinajstić information content (AvgIpc) is 3.29. The standard InChI is InChI=1S/C21H26O2/c1-11-8-12-9-13(23-3)4-5-14(12)15-6-7-21(2)19(18(11)15)16-10-17(16)20(21)22/h4-5,9,11,15-19H,6-8,10H2,1-3H3/t11-,15-,16-,17+,18-,19-,21+/m1/s1. The van der Waals surface area contributed by atoms with Gasteiger partial charge in [-0.1, -0.05) is 19.9 Å². The maximum absolute atomic E-state index is 12.8. The first-order chi connectivity index (χ1) is 11.0. The average molecular weight is 310 g/mol. The second-order valence-electron chi connectivity index (χ2n) is 8.78. The van der Waals surface area contributed by atoms with Gasteiger partial charge in [0.15, 0.2) is 0 Å². The SMILES string of the molecule is COc1ccc2c(c1)C[C@@H](C)[C@H]1[C@H]3[C@@H]4C[C@@H]4C(=O)[C@@]3(C)CC[C@H]21. The van der Waals surface area contributed by atoms with E-state index in [4.69, 9.17) is 4.74 Å². The Morgan fingerprint density at radius 1 is 1.26 bits per heavy atom. The van der Waals surface area contributed by atoms with E-state index in [2.05, 4.69) is 32.0 Å². The van der Waals surface area contributed by atoms with E-state index >= 15 is 0 Å². The third-order valence-corrected chi connectivity index (χ3v) is 7.74. The molecule has 23 heavy (non-hydrogen) atoms. The van der Waals surface area contributed by atoms with Crippen LogP contribution in [0.5, 0.6) is 5.75 Å². The smallest absolute Gasteiger partial charge is 0.142 e. The number of rotatable bonds is 1. The van der Waals surface area contributed by atoms with E-state index in [0.717, 1.165) is 18.6 Å². The van der Waals surface area contributed by atoms with Gasteiger partial charge in [-0.15, -0.1) is 0 Å². The lowest BCUT2D eigenvalue weighted by Gasteiger charge is -2.52. The second-order valence-corrected chi connectivity index (χ2v) is 8.78. The van der Waals surface area contributed by atoms with Gasteiger partial charge in [0.25, 0.3) is 0 Å². The number of Topliss-reactive ketones (excluding diaryl/α,β-unsaturated/α-hetero) is 1. The molecule has 0 N–H and O–H groups in total. The highest BCUT2D eigenvalue weighted by Crippen LogP contribution is 2.70. The Bertz CT molecular complexity index is 693. The first-order valence-corrected chi connectivity index (χ1v) is 9.25. The van der Waals surface area contributed by atoms with Crippen LogP contribution in [0.4, 0.5) is 0 Å². The zero-order valence-electron chi connectivity index (χ0n) is 14.3. The molecule has 0 saturated heterocycles. The van der Waals surface area contributed by atoms with E-state index < -0.39 is 0 Å². The van der Waals surface area contributed by atoms with Crippen LogP contribution in [-0.2, 0) is 11.2 Å². The van der Waals surface area contributed by atoms with Crippen molar-refractivity contribution >= 4 is 5.78 Å². The third-order valence-electron chi connectivity index (χ3n) is 7.74. The van der Waals surface area contributed by atoms with Crippen molar-refractivity contribution < 1.29 is 9.53 Å². The zero-order chi connectivity index (χ0) is 15.9. The van der Waals surface area contributed by atoms with E-state index in [1.54, 1.807) is 12.7 Å². The highest BCUT2D eigenvalue weighted by Gasteiger charge is 2.69. The molecule has 3 saturated carbocycles. The predicted molar refractivity (Wildman–Crippen MR) is 89.5 cm³/mol. The van der Waals surface area contributed by atoms with E-state index in [0.29, 0.717) is 41.3 Å². The van der Waals surface area contributed by atoms with Crippen molar-refractivity contribution in [3.63, 3.8) is 0 Å². The molecule has 0 amide bonds. The Morgan fingerprint density at radius 3 is 2.87 bits per heavy atom. The van der Waals surface area contributed by atoms with Crippen molar-refractivity contribution in [2.45, 2.75) is 45.4 Å². The minimum Gasteiger partial charge on any atom is -0.497 e. The molecule has 5 rings (SSSR count). The molecule has 3 fully saturated rings. The second kappa shape index (κ2) is 4.40. The summed E-state index contributed by atoms with van der Waals surface area (Å²) in [5, 5.41) is 0. The summed E-state index contributed by atoms with van der Waals surface area (Å²) in [6, 6.07) is 6.68. The number of fused-ring (bicyclic) bond motifs is 7. The van der Waals surface area contributed by atoms with Crippen LogP contribution in [0.2, 0.25) is 0 Å². The summed E-state index contributed by atoms with van der Waals surface area (Å²) in [6.45, 7) is 4.71. The Hall–Kier alpha value is -1.31. The van der Waals surface area contributed by atoms with Crippen molar-refractivity contribution in [1.82, 2.24) is 0 Å². The van der Waals surface area contributed by atoms with E-state index in [1.165, 1.54) is 18.4 Å². The van der Waals surface area contributed by atoms with Crippen molar-refractivity contribution in [2.75, 3.05) is 7.11 Å². The maximum atomic E-state index is 12.8. The van der Waals surface area contributed by atoms with Crippen LogP contribution in [0.1, 0.15) is 50.2 Å². The fourth-order valence-corrected chi connectivity index (χ4v) is 6.72. The van der Waals surface area contributed by atoms with Gasteiger partial charge in [-0.2, -0.15) is 0 Å². The number of hydrogen-bond acceptors (Lipinski definition) is 2. The summed E-state index contributed by atoms with van der Waals surface area (Å²) in [5.74, 6) is 5.41. The van der Waals surface area contributed by atoms with Gasteiger partial charge in [0, 0.05) is 11.3 Å². The van der Waals surface area contributed by atoms with E-state index in [-0.39, 0.29) is 5.41 Å². The summed E-state index contributed by atoms with van der Waals surface area (Å²) in [5.41, 5.74) is 3.03. The third kappa shape index (κ3) is 1.67. The molecular formula is C21H26O2. The van der Waals surface area contributed by atoms with Gasteiger partial charge in [0.05, 0.1) is 7.11 Å². The lowest BCUT2D eigenvalue weighted by Crippen LogP contribution is -2.47. The Balaban J connectivity index is 1.58. The molecule has 2 heteroatoms. The number of carbonyl (C=O) groups is 1. The summed E-state index contributed by atoms with van der Waals surface area (Å²) < 4.78 is 5.43. The first-order valence-electron chi connectivity index (χ1n) is 9.25. The number of carbonyl (C=O) groups excluding carboxylic acids is 1. The van der Waals surface area contributed by atoms with Crippen molar-refractivity contribution in [1.29, 1.82) is 0 Å². The lowest BCUT2D eigenvalue weighted by molar-refractivity contribution is -0.133. The van der Waals surface area contributed by atoms with Gasteiger partial charge in [0.1, 0.15) is 11.5 Å². The zero-order valence-corrected chi connectivity index (χ0v) is 14.3. The molecule has 4 aliphatic rings. The molecule has 0 aromatic heterocycles. The molecule has 0 heterocycles. The minimum atomic E-state index is -0.00696. The Labute approximate surface area is 138 Å². The maximum Gasteiger partial charge on any atom is 0.142 e. The van der Waals surface area contributed by atoms with Crippen molar-refractivity contribution in [3.8, 4) is 5.75 Å². The van der Waals surface area contributed by atoms with E-state index in [1.807, 2.05) is 0 Å². The van der Waals surface area contributed by atoms with Crippen LogP contribution < -0.4 is 4.74 Å². The molecule has 1 aromatic rings. The minimum absolute atomic E-state index is 0.00696. The molecule has 4 aliphatic carbocycles. The van der Waals surface area contributed by atoms with Gasteiger partial charge in [0.2, 0.25) is 0 Å². The van der Waals surface area contributed by atoms with Gasteiger partial charge < -0.3 is 4.74 Å². The van der Waals surface area contributed by atoms with Crippen LogP contribution in [0.3, 0.4) is 0 Å². The summed E-state index contributed by atoms with van der Waals surface area (Å²) in [7, 11) is 1.75. The molecule has 0 aliphatic heterocycles. The largest absolute Gasteiger partial charge is 0.497 e. The number of methoxy groups -OCH3 is 1. The Morgan fingerprint density at radius 2 is 2.09 bits per heavy atom. The molecule has 122 valence electrons. The van der Waals surface area contributed by atoms with Gasteiger partial charge in [-0.05, 0) is 78.5 Å². The van der Waals surface area contributed by atoms with Crippen molar-refractivity contribution in [3.05, 3.63) is 29.3 Å². The molecule has 0 radical (unpaired) electrons. The first kappa shape index (κ1) is 14.1. The number of ketones is 1. The fourth-order valence-electron chi connectivity index (χ4n) is 6.72. The summed E-state index contributed by atoms with van der Waals surface area (Å²) in [6.07, 6.45) is 4.62. The normalized spacial score (nSPS) is 46.5. The van der Waals surface area contributed by atoms with Crippen LogP contribution in [-0.4, -0.2) is 12.9 Å². The van der Waals surface area contributed by atoms with Crippen LogP contribution in [0.15, 0.2) is 18.2 Å². The molecular weight excluding hydrogens is 284 g/mol. The van der Waals surface area contributed by atoms with E-state index in [9.17, 15) is 4.79 Å². The molecule has 1 aromatic carbocycles. The van der Waals surface area contributed by atoms with Crippen LogP contribution in [0.25, 0.3) is 0 Å². The highest BCUT2D eigenvalue weighted by molar-refractivity contribution is 5.92. The lowest BCUT2D eigenvalue weighted by atomic mass is 9.52. The molecule has 2 nitrogen and oxygen atoms in total. The quantitative estimate of drug-likeness (QED) is 0.776. The van der Waals surface area contributed by atoms with Gasteiger partial charge in [-0.3, -0.25) is 4.79 Å². The van der Waals surface area contributed by atoms with Crippen LogP contribution in [0, 0.1) is 35.0 Å². The monoisotopic (exact) mass is 310 g/mol. The number of benzene rings is 1. The highest BCUT2D eigenvalue weighted by atomic mass is 16.5. The Kier molecular flexibility index (Phi) is 2.69. The molecule has 0 bridgehead atoms. The number of hydrogen-bond donors (Lipinski definition) is 0. The molecule has 0 spiro atoms. The molecule has 7 atom stereocenters. The van der Waals surface area contributed by atoms with Crippen LogP contribution >= 0.6 is 0 Å². The summed E-state index contributed by atoms with van der Waals surface area (Å²) in [4.78, 5) is 12.8. The summed E-state index contributed by atoms with van der Waals surface area (Å²) >= 11 is 0. The fraction of sp³-hybridized carbons (Fsp3) is 0.667. The molecule has 0 unspecified atom stereocenters. The topological polar surface area (TPSA) is 26.3 Å².